The van der Waals surface area contributed by atoms with E-state index >= 15 is 0 Å². The van der Waals surface area contributed by atoms with Crippen molar-refractivity contribution in [3.63, 3.8) is 0 Å². The molecule has 1 aliphatic heterocycles. The average molecular weight is 270 g/mol. The molecule has 4 heteroatoms. The van der Waals surface area contributed by atoms with Crippen LogP contribution in [0.5, 0.6) is 0 Å². The minimum absolute atomic E-state index is 0.166. The lowest BCUT2D eigenvalue weighted by Crippen LogP contribution is -2.70. The van der Waals surface area contributed by atoms with Crippen molar-refractivity contribution in [3.05, 3.63) is 0 Å². The monoisotopic (exact) mass is 270 g/mol. The summed E-state index contributed by atoms with van der Waals surface area (Å²) in [6.07, 6.45) is 11.3. The molecule has 1 aliphatic carbocycles. The van der Waals surface area contributed by atoms with Crippen molar-refractivity contribution in [2.24, 2.45) is 0 Å². The van der Waals surface area contributed by atoms with E-state index in [4.69, 9.17) is 4.74 Å². The Bertz CT molecular complexity index is 234. The molecule has 2 rings (SSSR count). The van der Waals surface area contributed by atoms with E-state index in [1.54, 1.807) is 0 Å². The maximum atomic E-state index is 6.09. The number of hydrogen-bond donors (Lipinski definition) is 0. The fourth-order valence-corrected chi connectivity index (χ4v) is 5.14. The van der Waals surface area contributed by atoms with Gasteiger partial charge in [-0.3, -0.25) is 9.13 Å². The lowest BCUT2D eigenvalue weighted by atomic mass is 9.95. The van der Waals surface area contributed by atoms with Crippen molar-refractivity contribution >= 4 is 9.84 Å². The molecule has 1 saturated carbocycles. The van der Waals surface area contributed by atoms with Crippen molar-refractivity contribution in [2.45, 2.75) is 77.6 Å². The fraction of sp³-hybridized carbons (Fsp3) is 1.00. The van der Waals surface area contributed by atoms with Crippen molar-refractivity contribution < 1.29 is 4.74 Å². The van der Waals surface area contributed by atoms with E-state index in [1.807, 2.05) is 0 Å². The summed E-state index contributed by atoms with van der Waals surface area (Å²) in [7, 11) is -0.166. The van der Waals surface area contributed by atoms with E-state index in [0.717, 1.165) is 19.1 Å². The predicted molar refractivity (Wildman–Crippen MR) is 78.9 cm³/mol. The molecule has 0 spiro atoms. The van der Waals surface area contributed by atoms with Crippen LogP contribution in [-0.4, -0.2) is 44.5 Å². The lowest BCUT2D eigenvalue weighted by Gasteiger charge is -2.54. The standard InChI is InChI=1S/C14H30N2OSi/c1-3-5-11-15-14(17-12-4-2)16(18-15)13-9-7-6-8-10-13/h13-14H,3-12,18H2,1-2H3. The smallest absolute Gasteiger partial charge is 0.179 e. The minimum Gasteiger partial charge on any atom is -0.351 e. The van der Waals surface area contributed by atoms with E-state index in [2.05, 4.69) is 23.0 Å². The normalized spacial score (nSPS) is 28.7. The summed E-state index contributed by atoms with van der Waals surface area (Å²) in [5.74, 6) is 0. The van der Waals surface area contributed by atoms with Crippen molar-refractivity contribution in [1.82, 2.24) is 9.13 Å². The van der Waals surface area contributed by atoms with Crippen LogP contribution in [0.3, 0.4) is 0 Å². The Labute approximate surface area is 115 Å². The molecule has 3 nitrogen and oxygen atoms in total. The van der Waals surface area contributed by atoms with Gasteiger partial charge in [0.05, 0.1) is 0 Å². The van der Waals surface area contributed by atoms with Crippen LogP contribution in [0.1, 0.15) is 65.2 Å². The second kappa shape index (κ2) is 7.63. The van der Waals surface area contributed by atoms with Gasteiger partial charge in [0.25, 0.3) is 0 Å². The third kappa shape index (κ3) is 3.56. The van der Waals surface area contributed by atoms with Gasteiger partial charge in [-0.05, 0) is 32.2 Å². The molecule has 1 saturated heterocycles. The average Bonchev–Trinajstić information content (AvgIpc) is 2.39. The van der Waals surface area contributed by atoms with Crippen LogP contribution in [0.4, 0.5) is 0 Å². The Hall–Kier alpha value is 0.0969. The second-order valence-corrected chi connectivity index (χ2v) is 7.64. The molecule has 0 bridgehead atoms. The Kier molecular flexibility index (Phi) is 6.15. The number of ether oxygens (including phenoxy) is 1. The summed E-state index contributed by atoms with van der Waals surface area (Å²) in [5.41, 5.74) is 0. The zero-order valence-corrected chi connectivity index (χ0v) is 13.6. The molecular weight excluding hydrogens is 240 g/mol. The highest BCUT2D eigenvalue weighted by atomic mass is 28.2. The third-order valence-corrected chi connectivity index (χ3v) is 6.40. The first-order chi connectivity index (χ1) is 8.86. The quantitative estimate of drug-likeness (QED) is 0.661. The van der Waals surface area contributed by atoms with Gasteiger partial charge in [0.15, 0.2) is 16.2 Å². The van der Waals surface area contributed by atoms with Crippen LogP contribution in [-0.2, 0) is 4.74 Å². The molecule has 0 amide bonds. The molecule has 0 aromatic heterocycles. The van der Waals surface area contributed by atoms with E-state index in [0.29, 0.717) is 6.35 Å². The van der Waals surface area contributed by atoms with E-state index in [9.17, 15) is 0 Å². The van der Waals surface area contributed by atoms with Gasteiger partial charge in [-0.15, -0.1) is 0 Å². The molecule has 1 unspecified atom stereocenters. The molecular formula is C14H30N2OSi. The summed E-state index contributed by atoms with van der Waals surface area (Å²) >= 11 is 0. The molecule has 1 atom stereocenters. The van der Waals surface area contributed by atoms with Gasteiger partial charge in [-0.2, -0.15) is 0 Å². The van der Waals surface area contributed by atoms with E-state index in [-0.39, 0.29) is 9.84 Å². The lowest BCUT2D eigenvalue weighted by molar-refractivity contribution is -0.151. The van der Waals surface area contributed by atoms with Crippen LogP contribution in [0, 0.1) is 0 Å². The molecule has 18 heavy (non-hydrogen) atoms. The van der Waals surface area contributed by atoms with Gasteiger partial charge in [0.1, 0.15) is 0 Å². The predicted octanol–water partition coefficient (Wildman–Crippen LogP) is 2.45. The molecule has 0 radical (unpaired) electrons. The van der Waals surface area contributed by atoms with E-state index in [1.165, 1.54) is 51.5 Å². The van der Waals surface area contributed by atoms with Crippen molar-refractivity contribution in [1.29, 1.82) is 0 Å². The van der Waals surface area contributed by atoms with Crippen molar-refractivity contribution in [3.8, 4) is 0 Å². The Morgan fingerprint density at radius 2 is 1.89 bits per heavy atom. The van der Waals surface area contributed by atoms with Gasteiger partial charge in [-0.25, -0.2) is 0 Å². The number of nitrogens with zero attached hydrogens (tertiary/aromatic N) is 2. The Morgan fingerprint density at radius 3 is 2.56 bits per heavy atom. The van der Waals surface area contributed by atoms with Crippen LogP contribution < -0.4 is 0 Å². The molecule has 1 heterocycles. The molecule has 106 valence electrons. The zero-order valence-electron chi connectivity index (χ0n) is 12.2. The van der Waals surface area contributed by atoms with E-state index < -0.39 is 0 Å². The molecule has 2 aliphatic rings. The largest absolute Gasteiger partial charge is 0.351 e. The first-order valence-corrected chi connectivity index (χ1v) is 9.24. The summed E-state index contributed by atoms with van der Waals surface area (Å²) in [4.78, 5) is 0. The summed E-state index contributed by atoms with van der Waals surface area (Å²) in [6, 6.07) is 0.852. The highest BCUT2D eigenvalue weighted by molar-refractivity contribution is 6.32. The highest BCUT2D eigenvalue weighted by Crippen LogP contribution is 2.30. The van der Waals surface area contributed by atoms with Crippen molar-refractivity contribution in [2.75, 3.05) is 13.2 Å². The molecule has 0 aromatic rings. The fourth-order valence-electron chi connectivity index (χ4n) is 3.14. The first-order valence-electron chi connectivity index (χ1n) is 7.98. The molecule has 0 aromatic carbocycles. The van der Waals surface area contributed by atoms with Gasteiger partial charge in [0, 0.05) is 12.6 Å². The topological polar surface area (TPSA) is 15.7 Å². The van der Waals surface area contributed by atoms with Gasteiger partial charge >= 0.3 is 0 Å². The van der Waals surface area contributed by atoms with Crippen LogP contribution >= 0.6 is 0 Å². The summed E-state index contributed by atoms with van der Waals surface area (Å²) in [5, 5.41) is 0. The van der Waals surface area contributed by atoms with Crippen LogP contribution in [0.25, 0.3) is 0 Å². The maximum absolute atomic E-state index is 6.09. The molecule has 0 N–H and O–H groups in total. The SMILES string of the molecule is CCCCN1[SiH2]N(C2CCCCC2)C1OCCC. The third-order valence-electron chi connectivity index (χ3n) is 4.25. The summed E-state index contributed by atoms with van der Waals surface area (Å²) < 4.78 is 11.5. The Morgan fingerprint density at radius 1 is 1.11 bits per heavy atom. The molecule has 2 fully saturated rings. The highest BCUT2D eigenvalue weighted by Gasteiger charge is 2.41. The second-order valence-electron chi connectivity index (χ2n) is 5.81. The maximum Gasteiger partial charge on any atom is 0.179 e. The van der Waals surface area contributed by atoms with Gasteiger partial charge < -0.3 is 4.74 Å². The van der Waals surface area contributed by atoms with Crippen LogP contribution in [0.2, 0.25) is 0 Å². The number of unbranched alkanes of at least 4 members (excludes halogenated alkanes) is 1. The van der Waals surface area contributed by atoms with Crippen LogP contribution in [0.15, 0.2) is 0 Å². The van der Waals surface area contributed by atoms with Gasteiger partial charge in [0.2, 0.25) is 0 Å². The van der Waals surface area contributed by atoms with Gasteiger partial charge in [-0.1, -0.05) is 39.5 Å². The first kappa shape index (κ1) is 14.5. The number of rotatable bonds is 7. The summed E-state index contributed by atoms with van der Waals surface area (Å²) in [6.45, 7) is 6.67. The zero-order chi connectivity index (χ0) is 12.8. The number of hydrogen-bond acceptors (Lipinski definition) is 3. The Balaban J connectivity index is 1.81. The minimum atomic E-state index is -0.166.